The van der Waals surface area contributed by atoms with Gasteiger partial charge >= 0.3 is 0 Å². The lowest BCUT2D eigenvalue weighted by Gasteiger charge is -2.30. The molecule has 2 fully saturated rings. The molecule has 5 heteroatoms. The molecule has 0 aromatic carbocycles. The average Bonchev–Trinajstić information content (AvgIpc) is 2.68. The van der Waals surface area contributed by atoms with Crippen molar-refractivity contribution in [2.45, 2.75) is 64.8 Å². The largest absolute Gasteiger partial charge is 0.379 e. The van der Waals surface area contributed by atoms with Crippen molar-refractivity contribution in [3.05, 3.63) is 0 Å². The monoisotopic (exact) mass is 344 g/mol. The number of ether oxygens (including phenoxy) is 1. The molecule has 0 aromatic rings. The Morgan fingerprint density at radius 3 is 2.08 bits per heavy atom. The second-order valence-electron chi connectivity index (χ2n) is 6.51. The van der Waals surface area contributed by atoms with E-state index >= 15 is 0 Å². The van der Waals surface area contributed by atoms with E-state index in [1.54, 1.807) is 0 Å². The highest BCUT2D eigenvalue weighted by Crippen LogP contribution is 2.21. The Labute approximate surface area is 151 Å². The SMILES string of the molecule is CC.CN(CCCN)C1CCCCC1.NCCCN1CCOCC1. The number of nitrogens with two attached hydrogens (primary N) is 2. The van der Waals surface area contributed by atoms with Gasteiger partial charge in [0.05, 0.1) is 13.2 Å². The Morgan fingerprint density at radius 2 is 1.54 bits per heavy atom. The van der Waals surface area contributed by atoms with Crippen LogP contribution in [0.2, 0.25) is 0 Å². The Kier molecular flexibility index (Phi) is 17.5. The van der Waals surface area contributed by atoms with Crippen LogP contribution in [-0.4, -0.2) is 75.4 Å². The molecule has 0 atom stereocenters. The van der Waals surface area contributed by atoms with Crippen molar-refractivity contribution in [1.29, 1.82) is 0 Å². The van der Waals surface area contributed by atoms with Crippen LogP contribution in [0.1, 0.15) is 58.8 Å². The van der Waals surface area contributed by atoms with E-state index in [1.807, 2.05) is 13.8 Å². The summed E-state index contributed by atoms with van der Waals surface area (Å²) >= 11 is 0. The fraction of sp³-hybridized carbons (Fsp3) is 1.00. The first kappa shape index (κ1) is 23.8. The van der Waals surface area contributed by atoms with E-state index in [4.69, 9.17) is 16.2 Å². The van der Waals surface area contributed by atoms with Crippen LogP contribution in [0.4, 0.5) is 0 Å². The Balaban J connectivity index is 0.000000405. The van der Waals surface area contributed by atoms with Crippen LogP contribution in [0.3, 0.4) is 0 Å². The smallest absolute Gasteiger partial charge is 0.0594 e. The highest BCUT2D eigenvalue weighted by Gasteiger charge is 2.16. The summed E-state index contributed by atoms with van der Waals surface area (Å²) in [6.45, 7) is 11.9. The van der Waals surface area contributed by atoms with Crippen molar-refractivity contribution in [1.82, 2.24) is 9.80 Å². The van der Waals surface area contributed by atoms with Gasteiger partial charge in [0.1, 0.15) is 0 Å². The van der Waals surface area contributed by atoms with Crippen molar-refractivity contribution in [2.75, 3.05) is 59.5 Å². The van der Waals surface area contributed by atoms with Gasteiger partial charge in [-0.15, -0.1) is 0 Å². The minimum Gasteiger partial charge on any atom is -0.379 e. The summed E-state index contributed by atoms with van der Waals surface area (Å²) < 4.78 is 5.21. The van der Waals surface area contributed by atoms with Crippen LogP contribution in [0.25, 0.3) is 0 Å². The zero-order valence-electron chi connectivity index (χ0n) is 16.6. The molecule has 0 spiro atoms. The van der Waals surface area contributed by atoms with Gasteiger partial charge in [-0.1, -0.05) is 33.1 Å². The van der Waals surface area contributed by atoms with E-state index in [9.17, 15) is 0 Å². The zero-order chi connectivity index (χ0) is 18.0. The maximum Gasteiger partial charge on any atom is 0.0594 e. The number of morpholine rings is 1. The highest BCUT2D eigenvalue weighted by molar-refractivity contribution is 4.73. The van der Waals surface area contributed by atoms with Gasteiger partial charge in [-0.2, -0.15) is 0 Å². The van der Waals surface area contributed by atoms with Crippen molar-refractivity contribution in [3.8, 4) is 0 Å². The summed E-state index contributed by atoms with van der Waals surface area (Å²) in [5.41, 5.74) is 10.9. The summed E-state index contributed by atoms with van der Waals surface area (Å²) in [5.74, 6) is 0. The molecule has 4 N–H and O–H groups in total. The molecular weight excluding hydrogens is 300 g/mol. The predicted molar refractivity (Wildman–Crippen MR) is 105 cm³/mol. The summed E-state index contributed by atoms with van der Waals surface area (Å²) in [4.78, 5) is 4.89. The topological polar surface area (TPSA) is 67.8 Å². The van der Waals surface area contributed by atoms with Crippen molar-refractivity contribution in [2.24, 2.45) is 11.5 Å². The molecule has 1 saturated carbocycles. The molecule has 0 radical (unpaired) electrons. The van der Waals surface area contributed by atoms with Crippen molar-refractivity contribution >= 4 is 0 Å². The molecule has 1 aliphatic heterocycles. The van der Waals surface area contributed by atoms with Crippen molar-refractivity contribution in [3.63, 3.8) is 0 Å². The molecule has 2 rings (SSSR count). The van der Waals surface area contributed by atoms with E-state index in [0.717, 1.165) is 64.8 Å². The first-order valence-electron chi connectivity index (χ1n) is 10.2. The van der Waals surface area contributed by atoms with Crippen LogP contribution < -0.4 is 11.5 Å². The molecule has 2 aliphatic rings. The van der Waals surface area contributed by atoms with Crippen LogP contribution in [0.5, 0.6) is 0 Å². The predicted octanol–water partition coefficient (Wildman–Crippen LogP) is 2.29. The standard InChI is InChI=1S/C10H22N2.C7H16N2O.C2H6/c1-12(9-5-8-11)10-6-3-2-4-7-10;8-2-1-3-9-4-6-10-7-5-9;1-2/h10H,2-9,11H2,1H3;1-8H2;1-2H3. The van der Waals surface area contributed by atoms with Gasteiger partial charge in [0.15, 0.2) is 0 Å². The molecule has 146 valence electrons. The molecule has 1 aliphatic carbocycles. The summed E-state index contributed by atoms with van der Waals surface area (Å²) in [6.07, 6.45) is 9.37. The molecule has 0 bridgehead atoms. The summed E-state index contributed by atoms with van der Waals surface area (Å²) in [5, 5.41) is 0. The number of hydrogen-bond donors (Lipinski definition) is 2. The van der Waals surface area contributed by atoms with Gasteiger partial charge in [0, 0.05) is 19.1 Å². The van der Waals surface area contributed by atoms with E-state index in [-0.39, 0.29) is 0 Å². The Hall–Kier alpha value is -0.200. The number of rotatable bonds is 7. The van der Waals surface area contributed by atoms with Gasteiger partial charge in [-0.05, 0) is 58.9 Å². The van der Waals surface area contributed by atoms with E-state index in [1.165, 1.54) is 38.6 Å². The van der Waals surface area contributed by atoms with Crippen LogP contribution in [0.15, 0.2) is 0 Å². The lowest BCUT2D eigenvalue weighted by molar-refractivity contribution is 0.0377. The molecule has 0 amide bonds. The third-order valence-electron chi connectivity index (χ3n) is 4.70. The third-order valence-corrected chi connectivity index (χ3v) is 4.70. The molecule has 5 nitrogen and oxygen atoms in total. The number of nitrogens with zero attached hydrogens (tertiary/aromatic N) is 2. The highest BCUT2D eigenvalue weighted by atomic mass is 16.5. The first-order chi connectivity index (χ1) is 11.8. The third kappa shape index (κ3) is 12.2. The van der Waals surface area contributed by atoms with Gasteiger partial charge in [-0.25, -0.2) is 0 Å². The minimum atomic E-state index is 0.803. The average molecular weight is 345 g/mol. The Bertz CT molecular complexity index is 242. The van der Waals surface area contributed by atoms with Gasteiger partial charge in [0.2, 0.25) is 0 Å². The van der Waals surface area contributed by atoms with Gasteiger partial charge in [-0.3, -0.25) is 4.90 Å². The van der Waals surface area contributed by atoms with Crippen LogP contribution >= 0.6 is 0 Å². The molecule has 0 aromatic heterocycles. The lowest BCUT2D eigenvalue weighted by Crippen LogP contribution is -2.37. The van der Waals surface area contributed by atoms with Gasteiger partial charge in [0.25, 0.3) is 0 Å². The van der Waals surface area contributed by atoms with Crippen LogP contribution in [-0.2, 0) is 4.74 Å². The zero-order valence-corrected chi connectivity index (χ0v) is 16.6. The fourth-order valence-corrected chi connectivity index (χ4v) is 3.18. The second-order valence-corrected chi connectivity index (χ2v) is 6.51. The van der Waals surface area contributed by atoms with Crippen LogP contribution in [0, 0.1) is 0 Å². The first-order valence-corrected chi connectivity index (χ1v) is 10.2. The molecule has 1 saturated heterocycles. The molecule has 0 unspecified atom stereocenters. The van der Waals surface area contributed by atoms with Crippen molar-refractivity contribution < 1.29 is 4.74 Å². The van der Waals surface area contributed by atoms with E-state index in [2.05, 4.69) is 16.8 Å². The fourth-order valence-electron chi connectivity index (χ4n) is 3.18. The quantitative estimate of drug-likeness (QED) is 0.742. The molecule has 24 heavy (non-hydrogen) atoms. The summed E-state index contributed by atoms with van der Waals surface area (Å²) in [6, 6.07) is 0.852. The van der Waals surface area contributed by atoms with E-state index in [0.29, 0.717) is 0 Å². The van der Waals surface area contributed by atoms with Gasteiger partial charge < -0.3 is 21.1 Å². The second kappa shape index (κ2) is 17.6. The molecular formula is C19H44N4O. The molecule has 1 heterocycles. The summed E-state index contributed by atoms with van der Waals surface area (Å²) in [7, 11) is 2.24. The lowest BCUT2D eigenvalue weighted by atomic mass is 9.94. The minimum absolute atomic E-state index is 0.803. The normalized spacial score (nSPS) is 19.2. The maximum absolute atomic E-state index is 5.48. The maximum atomic E-state index is 5.48. The van der Waals surface area contributed by atoms with E-state index < -0.39 is 0 Å². The Morgan fingerprint density at radius 1 is 0.958 bits per heavy atom. The number of hydrogen-bond acceptors (Lipinski definition) is 5.